The minimum Gasteiger partial charge on any atom is -0.383 e. The minimum absolute atomic E-state index is 0.241. The Morgan fingerprint density at radius 2 is 1.95 bits per heavy atom. The molecule has 0 aliphatic heterocycles. The molecular formula is C14H11ClFN3. The number of nitrogens with zero attached hydrogens (tertiary/aromatic N) is 2. The number of nitrogens with two attached hydrogens (primary N) is 1. The fraction of sp³-hybridized carbons (Fsp3) is 0.0714. The van der Waals surface area contributed by atoms with E-state index in [2.05, 4.69) is 4.98 Å². The van der Waals surface area contributed by atoms with Crippen LogP contribution in [0, 0.1) is 12.7 Å². The molecule has 0 spiro atoms. The number of hydrogen-bond donors (Lipinski definition) is 1. The van der Waals surface area contributed by atoms with Crippen molar-refractivity contribution >= 4 is 23.1 Å². The average molecular weight is 276 g/mol. The standard InChI is InChI=1S/C14H11ClFN3/c1-8-4-2-7-11-18-13(14(17)19(8)11)12-9(15)5-3-6-10(12)16/h2-7H,17H2,1H3. The Bertz CT molecular complexity index is 759. The average Bonchev–Trinajstić information content (AvgIpc) is 2.68. The van der Waals surface area contributed by atoms with E-state index < -0.39 is 5.82 Å². The van der Waals surface area contributed by atoms with Crippen LogP contribution in [0.1, 0.15) is 5.69 Å². The van der Waals surface area contributed by atoms with Crippen LogP contribution in [0.5, 0.6) is 0 Å². The number of fused-ring (bicyclic) bond motifs is 1. The number of rotatable bonds is 1. The van der Waals surface area contributed by atoms with Crippen LogP contribution in [-0.2, 0) is 0 Å². The summed E-state index contributed by atoms with van der Waals surface area (Å²) in [6, 6.07) is 10.1. The zero-order valence-corrected chi connectivity index (χ0v) is 10.9. The van der Waals surface area contributed by atoms with Gasteiger partial charge in [0.15, 0.2) is 0 Å². The summed E-state index contributed by atoms with van der Waals surface area (Å²) in [6.07, 6.45) is 0. The van der Waals surface area contributed by atoms with Crippen LogP contribution < -0.4 is 5.73 Å². The third-order valence-electron chi connectivity index (χ3n) is 3.07. The summed E-state index contributed by atoms with van der Waals surface area (Å²) >= 11 is 6.06. The van der Waals surface area contributed by atoms with Crippen molar-refractivity contribution in [2.24, 2.45) is 0 Å². The molecule has 0 bridgehead atoms. The van der Waals surface area contributed by atoms with Gasteiger partial charge in [0.1, 0.15) is 23.0 Å². The Kier molecular flexibility index (Phi) is 2.68. The number of pyridine rings is 1. The molecule has 3 nitrogen and oxygen atoms in total. The van der Waals surface area contributed by atoms with Crippen molar-refractivity contribution in [1.82, 2.24) is 9.38 Å². The van der Waals surface area contributed by atoms with E-state index in [-0.39, 0.29) is 5.56 Å². The van der Waals surface area contributed by atoms with Gasteiger partial charge in [-0.15, -0.1) is 0 Å². The first-order chi connectivity index (χ1) is 9.09. The minimum atomic E-state index is -0.430. The van der Waals surface area contributed by atoms with Gasteiger partial charge in [-0.1, -0.05) is 23.7 Å². The maximum Gasteiger partial charge on any atom is 0.139 e. The molecule has 0 fully saturated rings. The topological polar surface area (TPSA) is 43.3 Å². The van der Waals surface area contributed by atoms with Gasteiger partial charge in [-0.25, -0.2) is 9.37 Å². The van der Waals surface area contributed by atoms with E-state index in [1.165, 1.54) is 6.07 Å². The summed E-state index contributed by atoms with van der Waals surface area (Å²) in [5.74, 6) is -0.0413. The highest BCUT2D eigenvalue weighted by Crippen LogP contribution is 2.34. The Balaban J connectivity index is 2.38. The van der Waals surface area contributed by atoms with Gasteiger partial charge in [0.25, 0.3) is 0 Å². The lowest BCUT2D eigenvalue weighted by atomic mass is 10.1. The summed E-state index contributed by atoms with van der Waals surface area (Å²) in [4.78, 5) is 4.38. The third kappa shape index (κ3) is 1.76. The van der Waals surface area contributed by atoms with Crippen LogP contribution in [-0.4, -0.2) is 9.38 Å². The highest BCUT2D eigenvalue weighted by molar-refractivity contribution is 6.33. The summed E-state index contributed by atoms with van der Waals surface area (Å²) in [7, 11) is 0. The quantitative estimate of drug-likeness (QED) is 0.736. The lowest BCUT2D eigenvalue weighted by Crippen LogP contribution is -1.98. The molecule has 0 saturated carbocycles. The molecule has 0 radical (unpaired) electrons. The van der Waals surface area contributed by atoms with Crippen molar-refractivity contribution < 1.29 is 4.39 Å². The maximum atomic E-state index is 14.0. The fourth-order valence-electron chi connectivity index (χ4n) is 2.19. The van der Waals surface area contributed by atoms with Crippen molar-refractivity contribution in [3.05, 3.63) is 52.9 Å². The molecular weight excluding hydrogens is 265 g/mol. The first-order valence-electron chi connectivity index (χ1n) is 5.77. The molecule has 3 aromatic rings. The molecule has 0 aliphatic carbocycles. The molecule has 0 atom stereocenters. The Hall–Kier alpha value is -2.07. The maximum absolute atomic E-state index is 14.0. The van der Waals surface area contributed by atoms with E-state index >= 15 is 0 Å². The van der Waals surface area contributed by atoms with Gasteiger partial charge in [-0.3, -0.25) is 4.40 Å². The molecule has 2 aromatic heterocycles. The first-order valence-corrected chi connectivity index (χ1v) is 6.15. The van der Waals surface area contributed by atoms with E-state index in [1.54, 1.807) is 16.5 Å². The van der Waals surface area contributed by atoms with E-state index in [0.717, 1.165) is 5.69 Å². The molecule has 3 rings (SSSR count). The van der Waals surface area contributed by atoms with Gasteiger partial charge in [0.2, 0.25) is 0 Å². The first kappa shape index (κ1) is 12.0. The second-order valence-electron chi connectivity index (χ2n) is 4.30. The normalized spacial score (nSPS) is 11.1. The number of benzene rings is 1. The van der Waals surface area contributed by atoms with E-state index in [9.17, 15) is 4.39 Å². The van der Waals surface area contributed by atoms with Crippen molar-refractivity contribution in [2.75, 3.05) is 5.73 Å². The van der Waals surface area contributed by atoms with Crippen molar-refractivity contribution in [3.8, 4) is 11.3 Å². The second kappa shape index (κ2) is 4.24. The van der Waals surface area contributed by atoms with Crippen LogP contribution in [0.25, 0.3) is 16.9 Å². The molecule has 0 unspecified atom stereocenters. The third-order valence-corrected chi connectivity index (χ3v) is 3.39. The van der Waals surface area contributed by atoms with Crippen molar-refractivity contribution in [3.63, 3.8) is 0 Å². The second-order valence-corrected chi connectivity index (χ2v) is 4.71. The fourth-order valence-corrected chi connectivity index (χ4v) is 2.44. The summed E-state index contributed by atoms with van der Waals surface area (Å²) in [5.41, 5.74) is 8.30. The lowest BCUT2D eigenvalue weighted by Gasteiger charge is -2.04. The number of aryl methyl sites for hydroxylation is 1. The van der Waals surface area contributed by atoms with E-state index in [0.29, 0.717) is 22.2 Å². The summed E-state index contributed by atoms with van der Waals surface area (Å²) in [6.45, 7) is 1.91. The summed E-state index contributed by atoms with van der Waals surface area (Å²) < 4.78 is 15.7. The van der Waals surface area contributed by atoms with Crippen LogP contribution in [0.3, 0.4) is 0 Å². The van der Waals surface area contributed by atoms with Gasteiger partial charge in [-0.05, 0) is 31.2 Å². The van der Waals surface area contributed by atoms with Gasteiger partial charge in [-0.2, -0.15) is 0 Å². The van der Waals surface area contributed by atoms with Crippen LogP contribution >= 0.6 is 11.6 Å². The van der Waals surface area contributed by atoms with Gasteiger partial charge >= 0.3 is 0 Å². The predicted octanol–water partition coefficient (Wildman–Crippen LogP) is 3.68. The number of anilines is 1. The van der Waals surface area contributed by atoms with E-state index in [1.807, 2.05) is 25.1 Å². The molecule has 5 heteroatoms. The number of hydrogen-bond acceptors (Lipinski definition) is 2. The molecule has 2 heterocycles. The highest BCUT2D eigenvalue weighted by atomic mass is 35.5. The van der Waals surface area contributed by atoms with E-state index in [4.69, 9.17) is 17.3 Å². The zero-order valence-electron chi connectivity index (χ0n) is 10.2. The summed E-state index contributed by atoms with van der Waals surface area (Å²) in [5, 5.41) is 0.299. The monoisotopic (exact) mass is 275 g/mol. The Labute approximate surface area is 114 Å². The highest BCUT2D eigenvalue weighted by Gasteiger charge is 2.18. The molecule has 0 saturated heterocycles. The van der Waals surface area contributed by atoms with Gasteiger partial charge in [0, 0.05) is 5.69 Å². The number of nitrogen functional groups attached to an aromatic ring is 1. The van der Waals surface area contributed by atoms with Gasteiger partial charge in [0.05, 0.1) is 10.6 Å². The molecule has 0 amide bonds. The van der Waals surface area contributed by atoms with Crippen LogP contribution in [0.4, 0.5) is 10.2 Å². The molecule has 2 N–H and O–H groups in total. The lowest BCUT2D eigenvalue weighted by molar-refractivity contribution is 0.631. The number of imidazole rings is 1. The molecule has 1 aromatic carbocycles. The number of halogens is 2. The SMILES string of the molecule is Cc1cccc2nc(-c3c(F)cccc3Cl)c(N)n12. The largest absolute Gasteiger partial charge is 0.383 e. The van der Waals surface area contributed by atoms with Crippen LogP contribution in [0.15, 0.2) is 36.4 Å². The Morgan fingerprint density at radius 1 is 1.21 bits per heavy atom. The predicted molar refractivity (Wildman–Crippen MR) is 74.7 cm³/mol. The van der Waals surface area contributed by atoms with Gasteiger partial charge < -0.3 is 5.73 Å². The smallest absolute Gasteiger partial charge is 0.139 e. The Morgan fingerprint density at radius 3 is 2.63 bits per heavy atom. The molecule has 96 valence electrons. The molecule has 19 heavy (non-hydrogen) atoms. The number of aromatic nitrogens is 2. The zero-order chi connectivity index (χ0) is 13.6. The van der Waals surface area contributed by atoms with Crippen molar-refractivity contribution in [1.29, 1.82) is 0 Å². The molecule has 0 aliphatic rings. The van der Waals surface area contributed by atoms with Crippen LogP contribution in [0.2, 0.25) is 5.02 Å². The van der Waals surface area contributed by atoms with Crippen molar-refractivity contribution in [2.45, 2.75) is 6.92 Å².